The molecule has 3 heterocycles. The van der Waals surface area contributed by atoms with Gasteiger partial charge in [-0.15, -0.1) is 11.8 Å². The van der Waals surface area contributed by atoms with Crippen LogP contribution in [0.25, 0.3) is 0 Å². The topological polar surface area (TPSA) is 15.7 Å². The number of ether oxygens (including phenoxy) is 1. The number of para-hydroxylation sites is 3. The van der Waals surface area contributed by atoms with Crippen LogP contribution in [0.4, 0.5) is 17.1 Å². The van der Waals surface area contributed by atoms with E-state index in [9.17, 15) is 0 Å². The Labute approximate surface area is 334 Å². The van der Waals surface area contributed by atoms with Gasteiger partial charge in [0.1, 0.15) is 11.5 Å². The van der Waals surface area contributed by atoms with Gasteiger partial charge in [-0.3, -0.25) is 0 Å². The summed E-state index contributed by atoms with van der Waals surface area (Å²) >= 11 is 2.14. The molecule has 4 aliphatic carbocycles. The van der Waals surface area contributed by atoms with E-state index in [1.165, 1.54) is 76.4 Å². The van der Waals surface area contributed by atoms with Gasteiger partial charge >= 0.3 is 0 Å². The molecule has 0 spiro atoms. The number of rotatable bonds is 5. The van der Waals surface area contributed by atoms with Crippen LogP contribution < -0.4 is 14.5 Å². The van der Waals surface area contributed by atoms with Crippen LogP contribution in [-0.4, -0.2) is 17.3 Å². The van der Waals surface area contributed by atoms with E-state index in [2.05, 4.69) is 185 Å². The van der Waals surface area contributed by atoms with Gasteiger partial charge in [0.2, 0.25) is 0 Å². The van der Waals surface area contributed by atoms with Crippen molar-refractivity contribution in [3.05, 3.63) is 209 Å². The maximum atomic E-state index is 6.54. The van der Waals surface area contributed by atoms with Crippen LogP contribution in [0.3, 0.4) is 0 Å². The summed E-state index contributed by atoms with van der Waals surface area (Å²) in [5.74, 6) is 3.45. The molecule has 7 atom stereocenters. The van der Waals surface area contributed by atoms with Crippen LogP contribution in [0.1, 0.15) is 78.0 Å². The quantitative estimate of drug-likeness (QED) is 0.166. The van der Waals surface area contributed by atoms with Crippen molar-refractivity contribution in [2.24, 2.45) is 0 Å². The lowest BCUT2D eigenvalue weighted by Gasteiger charge is -2.41. The minimum absolute atomic E-state index is 0.0426. The fourth-order valence-corrected chi connectivity index (χ4v) is 12.9. The highest BCUT2D eigenvalue weighted by Crippen LogP contribution is 2.59. The van der Waals surface area contributed by atoms with Gasteiger partial charge in [-0.2, -0.15) is 0 Å². The van der Waals surface area contributed by atoms with E-state index in [0.717, 1.165) is 11.5 Å². The predicted molar refractivity (Wildman–Crippen MR) is 230 cm³/mol. The summed E-state index contributed by atoms with van der Waals surface area (Å²) in [6, 6.07) is 47.7. The van der Waals surface area contributed by atoms with Crippen molar-refractivity contribution in [2.45, 2.75) is 78.0 Å². The van der Waals surface area contributed by atoms with E-state index in [1.54, 1.807) is 16.7 Å². The highest BCUT2D eigenvalue weighted by molar-refractivity contribution is 8.00. The van der Waals surface area contributed by atoms with Crippen molar-refractivity contribution < 1.29 is 4.74 Å². The Hall–Kier alpha value is -5.45. The second-order valence-electron chi connectivity index (χ2n) is 16.5. The zero-order chi connectivity index (χ0) is 36.7. The molecule has 0 N–H and O–H groups in total. The number of allylic oxidation sites excluding steroid dienone is 4. The Bertz CT molecular complexity index is 2530. The van der Waals surface area contributed by atoms with E-state index in [-0.39, 0.29) is 23.9 Å². The van der Waals surface area contributed by atoms with Gasteiger partial charge in [-0.1, -0.05) is 114 Å². The molecule has 6 unspecified atom stereocenters. The second kappa shape index (κ2) is 13.1. The summed E-state index contributed by atoms with van der Waals surface area (Å²) in [7, 11) is 0. The van der Waals surface area contributed by atoms with Crippen LogP contribution in [-0.2, 0) is 0 Å². The molecule has 0 saturated carbocycles. The fourth-order valence-electron chi connectivity index (χ4n) is 11.3. The Kier molecular flexibility index (Phi) is 7.64. The molecule has 56 heavy (non-hydrogen) atoms. The summed E-state index contributed by atoms with van der Waals surface area (Å²) in [5.41, 5.74) is 14.2. The molecule has 3 nitrogen and oxygen atoms in total. The molecule has 274 valence electrons. The molecule has 0 aromatic heterocycles. The maximum Gasteiger partial charge on any atom is 0.130 e. The molecule has 0 saturated heterocycles. The number of anilines is 3. The lowest BCUT2D eigenvalue weighted by atomic mass is 9.68. The van der Waals surface area contributed by atoms with Crippen molar-refractivity contribution >= 4 is 28.8 Å². The van der Waals surface area contributed by atoms with Crippen molar-refractivity contribution in [3.63, 3.8) is 0 Å². The molecule has 0 radical (unpaired) electrons. The lowest BCUT2D eigenvalue weighted by Crippen LogP contribution is -2.40. The smallest absolute Gasteiger partial charge is 0.130 e. The van der Waals surface area contributed by atoms with Gasteiger partial charge in [0.25, 0.3) is 0 Å². The van der Waals surface area contributed by atoms with Crippen LogP contribution in [0.15, 0.2) is 191 Å². The van der Waals surface area contributed by atoms with E-state index < -0.39 is 0 Å². The first-order valence-corrected chi connectivity index (χ1v) is 21.5. The van der Waals surface area contributed by atoms with Crippen molar-refractivity contribution in [2.75, 3.05) is 9.80 Å². The minimum Gasteiger partial charge on any atom is -0.461 e. The van der Waals surface area contributed by atoms with Gasteiger partial charge in [-0.25, -0.2) is 0 Å². The van der Waals surface area contributed by atoms with Crippen molar-refractivity contribution in [1.82, 2.24) is 0 Å². The van der Waals surface area contributed by atoms with Gasteiger partial charge in [-0.05, 0) is 109 Å². The second-order valence-corrected chi connectivity index (χ2v) is 17.7. The van der Waals surface area contributed by atoms with Crippen LogP contribution in [0.2, 0.25) is 0 Å². The monoisotopic (exact) mass is 744 g/mol. The standard InChI is InChI=1S/C52H44N2OS/c1-2-13-34(14-3-1)54-45-20-9-6-16-38(45)39-30-29-36(31-47(39)54)53(46-21-12-23-49-51(46)42-19-7-10-22-48(42)55-49)35-27-25-33(26-28-35)43-32-44-40-17-8-11-24-50(40)56-52(44)41-18-5-4-15-37(41)43/h1-3,6-14,16-17,19-31,39,43-44,46-47,51-52H,4-5,15,18,32H2/t39?,43?,44?,46?,47?,51-,52?/m1/s1. The summed E-state index contributed by atoms with van der Waals surface area (Å²) in [6.45, 7) is 0. The molecule has 0 amide bonds. The van der Waals surface area contributed by atoms with E-state index in [0.29, 0.717) is 17.1 Å². The van der Waals surface area contributed by atoms with E-state index >= 15 is 0 Å². The average Bonchev–Trinajstić information content (AvgIpc) is 3.94. The highest BCUT2D eigenvalue weighted by Gasteiger charge is 2.45. The summed E-state index contributed by atoms with van der Waals surface area (Å²) < 4.78 is 6.54. The van der Waals surface area contributed by atoms with E-state index in [4.69, 9.17) is 4.74 Å². The third-order valence-electron chi connectivity index (χ3n) is 13.7. The third kappa shape index (κ3) is 5.04. The molecule has 5 aromatic carbocycles. The van der Waals surface area contributed by atoms with Crippen LogP contribution in [0.5, 0.6) is 5.75 Å². The number of hydrogen-bond donors (Lipinski definition) is 0. The number of nitrogens with zero attached hydrogens (tertiary/aromatic N) is 2. The molecule has 4 heteroatoms. The Morgan fingerprint density at radius 2 is 1.45 bits per heavy atom. The van der Waals surface area contributed by atoms with Crippen LogP contribution >= 0.6 is 11.8 Å². The molecule has 5 aromatic rings. The third-order valence-corrected chi connectivity index (χ3v) is 15.2. The predicted octanol–water partition coefficient (Wildman–Crippen LogP) is 12.9. The van der Waals surface area contributed by atoms with Crippen molar-refractivity contribution in [1.29, 1.82) is 0 Å². The lowest BCUT2D eigenvalue weighted by molar-refractivity contribution is 0.414. The zero-order valence-corrected chi connectivity index (χ0v) is 32.2. The Morgan fingerprint density at radius 3 is 2.32 bits per heavy atom. The fraction of sp³-hybridized carbons (Fsp3) is 0.231. The largest absolute Gasteiger partial charge is 0.461 e. The first-order chi connectivity index (χ1) is 27.8. The normalized spacial score (nSPS) is 27.5. The molecule has 0 fully saturated rings. The number of fused-ring (bicyclic) bond motifs is 10. The number of thioether (sulfide) groups is 1. The Balaban J connectivity index is 0.962. The summed E-state index contributed by atoms with van der Waals surface area (Å²) in [4.78, 5) is 6.66. The summed E-state index contributed by atoms with van der Waals surface area (Å²) in [6.07, 6.45) is 20.5. The maximum absolute atomic E-state index is 6.54. The summed E-state index contributed by atoms with van der Waals surface area (Å²) in [5, 5.41) is 0.622. The number of hydrogen-bond acceptors (Lipinski definition) is 4. The molecule has 7 aliphatic rings. The first kappa shape index (κ1) is 32.8. The first-order valence-electron chi connectivity index (χ1n) is 20.6. The van der Waals surface area contributed by atoms with Gasteiger partial charge in [0.15, 0.2) is 0 Å². The molecule has 0 bridgehead atoms. The average molecular weight is 745 g/mol. The minimum atomic E-state index is 0.0426. The van der Waals surface area contributed by atoms with E-state index in [1.807, 2.05) is 0 Å². The van der Waals surface area contributed by atoms with Gasteiger partial charge in [0, 0.05) is 56.2 Å². The SMILES string of the molecule is C1=CC(N(C2=CC3C(C=C2)c2ccccc2N3c2ccccc2)c2ccc(C3CC4c5ccccc5SC4C4=C3CCCC4)cc2)[C@@H]2C(=C1)Oc1ccccc12. The van der Waals surface area contributed by atoms with Crippen molar-refractivity contribution in [3.8, 4) is 5.75 Å². The molecule has 12 rings (SSSR count). The van der Waals surface area contributed by atoms with Gasteiger partial charge in [0.05, 0.1) is 18.0 Å². The van der Waals surface area contributed by atoms with Crippen LogP contribution in [0, 0.1) is 0 Å². The zero-order valence-electron chi connectivity index (χ0n) is 31.4. The molecule has 3 aliphatic heterocycles. The van der Waals surface area contributed by atoms with Gasteiger partial charge < -0.3 is 14.5 Å². The number of benzene rings is 5. The molecular formula is C52H44N2OS. The highest BCUT2D eigenvalue weighted by atomic mass is 32.2. The Morgan fingerprint density at radius 1 is 0.696 bits per heavy atom. The molecular weight excluding hydrogens is 701 g/mol.